The Bertz CT molecular complexity index is 249. The van der Waals surface area contributed by atoms with Crippen molar-refractivity contribution in [3.63, 3.8) is 0 Å². The van der Waals surface area contributed by atoms with Crippen LogP contribution in [-0.4, -0.2) is 77.1 Å². The molecule has 0 aliphatic carbocycles. The lowest BCUT2D eigenvalue weighted by Gasteiger charge is -2.07. The number of hydrogen-bond acceptors (Lipinski definition) is 7. The Balaban J connectivity index is 3.01. The van der Waals surface area contributed by atoms with Gasteiger partial charge in [-0.2, -0.15) is 0 Å². The number of carbonyl (C=O) groups excluding carboxylic acids is 1. The molecule has 0 amide bonds. The number of hydrogen-bond donors (Lipinski definition) is 1. The number of ether oxygens (including phenoxy) is 5. The van der Waals surface area contributed by atoms with Gasteiger partial charge in [-0.25, -0.2) is 0 Å². The molecule has 1 N–H and O–H groups in total. The predicted octanol–water partition coefficient (Wildman–Crippen LogP) is 1.17. The molecule has 7 nitrogen and oxygen atoms in total. The van der Waals surface area contributed by atoms with E-state index in [1.807, 2.05) is 6.92 Å². The second-order valence-corrected chi connectivity index (χ2v) is 4.79. The van der Waals surface area contributed by atoms with Crippen molar-refractivity contribution in [2.24, 2.45) is 0 Å². The Morgan fingerprint density at radius 1 is 0.739 bits per heavy atom. The molecule has 0 rings (SSSR count). The maximum absolute atomic E-state index is 11.1. The van der Waals surface area contributed by atoms with Gasteiger partial charge in [-0.3, -0.25) is 4.79 Å². The summed E-state index contributed by atoms with van der Waals surface area (Å²) in [5.41, 5.74) is 0. The highest BCUT2D eigenvalue weighted by Crippen LogP contribution is 2.01. The van der Waals surface area contributed by atoms with Crippen molar-refractivity contribution in [1.82, 2.24) is 0 Å². The van der Waals surface area contributed by atoms with Crippen LogP contribution < -0.4 is 0 Å². The van der Waals surface area contributed by atoms with Gasteiger partial charge in [0.25, 0.3) is 0 Å². The highest BCUT2D eigenvalue weighted by molar-refractivity contribution is 5.69. The monoisotopic (exact) mass is 336 g/mol. The van der Waals surface area contributed by atoms with Gasteiger partial charge in [0.1, 0.15) is 0 Å². The number of carbonyl (C=O) groups is 1. The minimum Gasteiger partial charge on any atom is -0.466 e. The van der Waals surface area contributed by atoms with E-state index in [1.165, 1.54) is 0 Å². The summed E-state index contributed by atoms with van der Waals surface area (Å²) in [7, 11) is 0. The fourth-order valence-electron chi connectivity index (χ4n) is 1.71. The van der Waals surface area contributed by atoms with Crippen LogP contribution in [-0.2, 0) is 28.5 Å². The SMILES string of the molecule is CCOC(=O)CCCCCOCCOCCOCCOCCO. The first-order chi connectivity index (χ1) is 11.3. The first-order valence-corrected chi connectivity index (χ1v) is 8.38. The average molecular weight is 336 g/mol. The van der Waals surface area contributed by atoms with E-state index in [-0.39, 0.29) is 12.6 Å². The first-order valence-electron chi connectivity index (χ1n) is 8.38. The lowest BCUT2D eigenvalue weighted by Crippen LogP contribution is -2.12. The Morgan fingerprint density at radius 2 is 1.26 bits per heavy atom. The fraction of sp³-hybridized carbons (Fsp3) is 0.938. The number of esters is 1. The van der Waals surface area contributed by atoms with E-state index in [1.54, 1.807) is 0 Å². The van der Waals surface area contributed by atoms with Crippen molar-refractivity contribution in [2.75, 3.05) is 66.1 Å². The van der Waals surface area contributed by atoms with Gasteiger partial charge in [-0.15, -0.1) is 0 Å². The van der Waals surface area contributed by atoms with E-state index < -0.39 is 0 Å². The van der Waals surface area contributed by atoms with Crippen LogP contribution >= 0.6 is 0 Å². The molecule has 7 heteroatoms. The van der Waals surface area contributed by atoms with Crippen molar-refractivity contribution < 1.29 is 33.6 Å². The molecular weight excluding hydrogens is 304 g/mol. The van der Waals surface area contributed by atoms with Gasteiger partial charge in [0.05, 0.1) is 59.5 Å². The van der Waals surface area contributed by atoms with E-state index in [4.69, 9.17) is 28.8 Å². The third-order valence-corrected chi connectivity index (χ3v) is 2.83. The summed E-state index contributed by atoms with van der Waals surface area (Å²) in [6, 6.07) is 0. The molecule has 0 radical (unpaired) electrons. The summed E-state index contributed by atoms with van der Waals surface area (Å²) < 4.78 is 26.0. The molecule has 0 aliphatic heterocycles. The lowest BCUT2D eigenvalue weighted by atomic mass is 10.2. The van der Waals surface area contributed by atoms with Crippen molar-refractivity contribution in [2.45, 2.75) is 32.6 Å². The summed E-state index contributed by atoms with van der Waals surface area (Å²) in [5, 5.41) is 8.50. The van der Waals surface area contributed by atoms with Crippen LogP contribution in [0.15, 0.2) is 0 Å². The van der Waals surface area contributed by atoms with Crippen LogP contribution in [0.2, 0.25) is 0 Å². The van der Waals surface area contributed by atoms with Gasteiger partial charge in [0, 0.05) is 13.0 Å². The third-order valence-electron chi connectivity index (χ3n) is 2.83. The smallest absolute Gasteiger partial charge is 0.305 e. The quantitative estimate of drug-likeness (QED) is 0.297. The third kappa shape index (κ3) is 19.2. The minimum absolute atomic E-state index is 0.0362. The van der Waals surface area contributed by atoms with E-state index >= 15 is 0 Å². The van der Waals surface area contributed by atoms with Crippen LogP contribution in [0.3, 0.4) is 0 Å². The van der Waals surface area contributed by atoms with Gasteiger partial charge in [-0.1, -0.05) is 6.42 Å². The number of rotatable bonds is 18. The molecule has 0 aliphatic rings. The molecular formula is C16H32O7. The van der Waals surface area contributed by atoms with E-state index in [2.05, 4.69) is 0 Å². The highest BCUT2D eigenvalue weighted by Gasteiger charge is 2.00. The molecule has 138 valence electrons. The minimum atomic E-state index is -0.121. The zero-order valence-electron chi connectivity index (χ0n) is 14.3. The number of aliphatic hydroxyl groups is 1. The Morgan fingerprint density at radius 3 is 1.78 bits per heavy atom. The van der Waals surface area contributed by atoms with Gasteiger partial charge < -0.3 is 28.8 Å². The molecule has 0 heterocycles. The second-order valence-electron chi connectivity index (χ2n) is 4.79. The van der Waals surface area contributed by atoms with Crippen LogP contribution in [0.5, 0.6) is 0 Å². The van der Waals surface area contributed by atoms with Gasteiger partial charge in [0.2, 0.25) is 0 Å². The molecule has 0 aromatic carbocycles. The van der Waals surface area contributed by atoms with Gasteiger partial charge >= 0.3 is 5.97 Å². The number of unbranched alkanes of at least 4 members (excludes halogenated alkanes) is 2. The van der Waals surface area contributed by atoms with Gasteiger partial charge in [0.15, 0.2) is 0 Å². The van der Waals surface area contributed by atoms with Crippen LogP contribution in [0.4, 0.5) is 0 Å². The van der Waals surface area contributed by atoms with Crippen LogP contribution in [0, 0.1) is 0 Å². The van der Waals surface area contributed by atoms with Crippen molar-refractivity contribution in [1.29, 1.82) is 0 Å². The lowest BCUT2D eigenvalue weighted by molar-refractivity contribution is -0.143. The van der Waals surface area contributed by atoms with E-state index in [9.17, 15) is 4.79 Å². The molecule has 0 unspecified atom stereocenters. The first kappa shape index (κ1) is 22.3. The normalized spacial score (nSPS) is 10.9. The molecule has 23 heavy (non-hydrogen) atoms. The number of aliphatic hydroxyl groups excluding tert-OH is 1. The van der Waals surface area contributed by atoms with Crippen molar-refractivity contribution in [3.8, 4) is 0 Å². The summed E-state index contributed by atoms with van der Waals surface area (Å²) in [6.45, 7) is 6.49. The van der Waals surface area contributed by atoms with Crippen LogP contribution in [0.1, 0.15) is 32.6 Å². The van der Waals surface area contributed by atoms with E-state index in [0.717, 1.165) is 19.3 Å². The molecule has 0 saturated heterocycles. The molecule has 0 atom stereocenters. The predicted molar refractivity (Wildman–Crippen MR) is 85.5 cm³/mol. The summed E-state index contributed by atoms with van der Waals surface area (Å²) in [5.74, 6) is -0.121. The van der Waals surface area contributed by atoms with Crippen LogP contribution in [0.25, 0.3) is 0 Å². The largest absolute Gasteiger partial charge is 0.466 e. The summed E-state index contributed by atoms with van der Waals surface area (Å²) in [4.78, 5) is 11.1. The Hall–Kier alpha value is -0.730. The summed E-state index contributed by atoms with van der Waals surface area (Å²) in [6.07, 6.45) is 3.24. The van der Waals surface area contributed by atoms with Crippen molar-refractivity contribution >= 4 is 5.97 Å². The van der Waals surface area contributed by atoms with Crippen molar-refractivity contribution in [3.05, 3.63) is 0 Å². The standard InChI is InChI=1S/C16H32O7/c1-2-23-16(18)6-4-3-5-8-19-10-12-21-14-15-22-13-11-20-9-7-17/h17H,2-15H2,1H3. The molecule has 0 spiro atoms. The average Bonchev–Trinajstić information content (AvgIpc) is 2.54. The topological polar surface area (TPSA) is 83.5 Å². The summed E-state index contributed by atoms with van der Waals surface area (Å²) >= 11 is 0. The highest BCUT2D eigenvalue weighted by atomic mass is 16.6. The molecule has 0 aromatic heterocycles. The maximum atomic E-state index is 11.1. The molecule has 0 saturated carbocycles. The Kier molecular flexibility index (Phi) is 18.7. The van der Waals surface area contributed by atoms with E-state index in [0.29, 0.717) is 65.9 Å². The zero-order chi connectivity index (χ0) is 17.0. The second kappa shape index (κ2) is 19.3. The Labute approximate surface area is 139 Å². The molecule has 0 aromatic rings. The fourth-order valence-corrected chi connectivity index (χ4v) is 1.71. The van der Waals surface area contributed by atoms with Gasteiger partial charge in [-0.05, 0) is 19.8 Å². The maximum Gasteiger partial charge on any atom is 0.305 e. The molecule has 0 bridgehead atoms. The molecule has 0 fully saturated rings. The zero-order valence-corrected chi connectivity index (χ0v) is 14.3.